The molecule has 0 amide bonds. The van der Waals surface area contributed by atoms with E-state index in [4.69, 9.17) is 0 Å². The zero-order chi connectivity index (χ0) is 17.0. The first-order chi connectivity index (χ1) is 12.1. The van der Waals surface area contributed by atoms with Crippen LogP contribution in [0.25, 0.3) is 11.1 Å². The number of hydrogen-bond donors (Lipinski definition) is 2. The normalized spacial score (nSPS) is 32.8. The summed E-state index contributed by atoms with van der Waals surface area (Å²) in [6, 6.07) is 16.5. The van der Waals surface area contributed by atoms with Gasteiger partial charge in [0, 0.05) is 0 Å². The van der Waals surface area contributed by atoms with Gasteiger partial charge in [-0.1, -0.05) is 48.5 Å². The topological polar surface area (TPSA) is 40.5 Å². The summed E-state index contributed by atoms with van der Waals surface area (Å²) in [5.74, 6) is 2.86. The van der Waals surface area contributed by atoms with Gasteiger partial charge in [0.15, 0.2) is 0 Å². The number of rotatable bonds is 3. The van der Waals surface area contributed by atoms with Crippen LogP contribution in [0.1, 0.15) is 44.1 Å². The molecular formula is C22H25BO2. The second-order valence-corrected chi connectivity index (χ2v) is 8.74. The van der Waals surface area contributed by atoms with Gasteiger partial charge < -0.3 is 10.0 Å². The smallest absolute Gasteiger partial charge is 0.423 e. The van der Waals surface area contributed by atoms with E-state index in [1.807, 2.05) is 18.2 Å². The lowest BCUT2D eigenvalue weighted by Crippen LogP contribution is -2.48. The Kier molecular flexibility index (Phi) is 3.58. The average Bonchev–Trinajstić information content (AvgIpc) is 2.61. The van der Waals surface area contributed by atoms with E-state index in [2.05, 4.69) is 24.3 Å². The minimum absolute atomic E-state index is 0.420. The summed E-state index contributed by atoms with van der Waals surface area (Å²) in [5, 5.41) is 19.3. The van der Waals surface area contributed by atoms with Crippen molar-refractivity contribution in [3.05, 3.63) is 54.1 Å². The van der Waals surface area contributed by atoms with Gasteiger partial charge in [0.05, 0.1) is 0 Å². The van der Waals surface area contributed by atoms with E-state index in [-0.39, 0.29) is 0 Å². The second-order valence-electron chi connectivity index (χ2n) is 8.74. The summed E-state index contributed by atoms with van der Waals surface area (Å²) in [6.45, 7) is 0. The molecular weight excluding hydrogens is 307 g/mol. The molecule has 128 valence electrons. The third kappa shape index (κ3) is 2.56. The highest BCUT2D eigenvalue weighted by Gasteiger charge is 2.51. The Bertz CT molecular complexity index is 746. The van der Waals surface area contributed by atoms with Crippen molar-refractivity contribution in [3.63, 3.8) is 0 Å². The van der Waals surface area contributed by atoms with Gasteiger partial charge in [-0.3, -0.25) is 0 Å². The van der Waals surface area contributed by atoms with Crippen molar-refractivity contribution in [1.82, 2.24) is 0 Å². The highest BCUT2D eigenvalue weighted by atomic mass is 16.4. The summed E-state index contributed by atoms with van der Waals surface area (Å²) in [5.41, 5.74) is 4.48. The minimum atomic E-state index is -1.43. The molecule has 2 N–H and O–H groups in total. The van der Waals surface area contributed by atoms with Gasteiger partial charge in [-0.25, -0.2) is 0 Å². The lowest BCUT2D eigenvalue weighted by atomic mass is 9.48. The van der Waals surface area contributed by atoms with E-state index in [1.165, 1.54) is 44.1 Å². The predicted octanol–water partition coefficient (Wildman–Crippen LogP) is 3.50. The van der Waals surface area contributed by atoms with Crippen LogP contribution in [0.2, 0.25) is 0 Å². The Labute approximate surface area is 150 Å². The monoisotopic (exact) mass is 332 g/mol. The molecule has 0 heterocycles. The Hall–Kier alpha value is -1.58. The highest BCUT2D eigenvalue weighted by molar-refractivity contribution is 6.60. The lowest BCUT2D eigenvalue weighted by Gasteiger charge is -2.57. The zero-order valence-corrected chi connectivity index (χ0v) is 14.6. The first-order valence-corrected chi connectivity index (χ1v) is 9.69. The zero-order valence-electron chi connectivity index (χ0n) is 14.6. The molecule has 0 spiro atoms. The SMILES string of the molecule is OB(O)c1ccccc1-c1ccc(C23CC4CC(CC(C4)C2)C3)cc1. The third-order valence-corrected chi connectivity index (χ3v) is 7.09. The molecule has 4 aliphatic carbocycles. The van der Waals surface area contributed by atoms with E-state index in [1.54, 1.807) is 6.07 Å². The Balaban J connectivity index is 1.49. The first kappa shape index (κ1) is 15.7. The fourth-order valence-corrected chi connectivity index (χ4v) is 6.45. The van der Waals surface area contributed by atoms with Crippen molar-refractivity contribution in [2.75, 3.05) is 0 Å². The summed E-state index contributed by atoms with van der Waals surface area (Å²) >= 11 is 0. The van der Waals surface area contributed by atoms with Crippen LogP contribution in [-0.2, 0) is 5.41 Å². The summed E-state index contributed by atoms with van der Waals surface area (Å²) < 4.78 is 0. The molecule has 3 heteroatoms. The molecule has 4 saturated carbocycles. The largest absolute Gasteiger partial charge is 0.489 e. The maximum absolute atomic E-state index is 9.63. The molecule has 4 fully saturated rings. The van der Waals surface area contributed by atoms with Crippen LogP contribution in [0.3, 0.4) is 0 Å². The first-order valence-electron chi connectivity index (χ1n) is 9.69. The summed E-state index contributed by atoms with van der Waals surface area (Å²) in [4.78, 5) is 0. The van der Waals surface area contributed by atoms with Crippen LogP contribution in [0.5, 0.6) is 0 Å². The van der Waals surface area contributed by atoms with E-state index in [9.17, 15) is 10.0 Å². The van der Waals surface area contributed by atoms with Crippen molar-refractivity contribution in [2.24, 2.45) is 17.8 Å². The van der Waals surface area contributed by atoms with Gasteiger partial charge >= 0.3 is 7.12 Å². The van der Waals surface area contributed by atoms with Crippen LogP contribution >= 0.6 is 0 Å². The minimum Gasteiger partial charge on any atom is -0.423 e. The van der Waals surface area contributed by atoms with Gasteiger partial charge in [0.25, 0.3) is 0 Å². The summed E-state index contributed by atoms with van der Waals surface area (Å²) in [6.07, 6.45) is 8.55. The molecule has 4 aliphatic rings. The molecule has 0 atom stereocenters. The standard InChI is InChI=1S/C22H25BO2/c24-23(25)21-4-2-1-3-20(21)18-5-7-19(8-6-18)22-12-15-9-16(13-22)11-17(10-15)14-22/h1-8,15-17,24-25H,9-14H2. The molecule has 0 aromatic heterocycles. The number of benzene rings is 2. The van der Waals surface area contributed by atoms with E-state index in [0.29, 0.717) is 10.9 Å². The van der Waals surface area contributed by atoms with Crippen LogP contribution in [0.15, 0.2) is 48.5 Å². The molecule has 6 rings (SSSR count). The van der Waals surface area contributed by atoms with Crippen LogP contribution in [0, 0.1) is 17.8 Å². The second kappa shape index (κ2) is 5.72. The molecule has 0 saturated heterocycles. The van der Waals surface area contributed by atoms with E-state index >= 15 is 0 Å². The van der Waals surface area contributed by atoms with Gasteiger partial charge in [-0.15, -0.1) is 0 Å². The van der Waals surface area contributed by atoms with Crippen LogP contribution < -0.4 is 5.46 Å². The molecule has 2 aromatic carbocycles. The van der Waals surface area contributed by atoms with Crippen LogP contribution in [0.4, 0.5) is 0 Å². The average molecular weight is 332 g/mol. The summed E-state index contributed by atoms with van der Waals surface area (Å²) in [7, 11) is -1.43. The third-order valence-electron chi connectivity index (χ3n) is 7.09. The maximum Gasteiger partial charge on any atom is 0.489 e. The van der Waals surface area contributed by atoms with Crippen molar-refractivity contribution in [3.8, 4) is 11.1 Å². The Morgan fingerprint density at radius 2 is 1.32 bits per heavy atom. The van der Waals surface area contributed by atoms with Crippen molar-refractivity contribution in [2.45, 2.75) is 43.9 Å². The van der Waals surface area contributed by atoms with Crippen molar-refractivity contribution < 1.29 is 10.0 Å². The fraction of sp³-hybridized carbons (Fsp3) is 0.455. The van der Waals surface area contributed by atoms with Gasteiger partial charge in [-0.2, -0.15) is 0 Å². The fourth-order valence-electron chi connectivity index (χ4n) is 6.45. The van der Waals surface area contributed by atoms with Crippen molar-refractivity contribution >= 4 is 12.6 Å². The number of hydrogen-bond acceptors (Lipinski definition) is 2. The highest BCUT2D eigenvalue weighted by Crippen LogP contribution is 2.60. The molecule has 0 radical (unpaired) electrons. The quantitative estimate of drug-likeness (QED) is 0.845. The molecule has 0 unspecified atom stereocenters. The van der Waals surface area contributed by atoms with E-state index in [0.717, 1.165) is 28.9 Å². The van der Waals surface area contributed by atoms with Crippen molar-refractivity contribution in [1.29, 1.82) is 0 Å². The van der Waals surface area contributed by atoms with Gasteiger partial charge in [0.1, 0.15) is 0 Å². The molecule has 25 heavy (non-hydrogen) atoms. The molecule has 4 bridgehead atoms. The predicted molar refractivity (Wildman–Crippen MR) is 102 cm³/mol. The van der Waals surface area contributed by atoms with Crippen LogP contribution in [-0.4, -0.2) is 17.2 Å². The Morgan fingerprint density at radius 1 is 0.760 bits per heavy atom. The molecule has 2 nitrogen and oxygen atoms in total. The molecule has 0 aliphatic heterocycles. The van der Waals surface area contributed by atoms with Gasteiger partial charge in [-0.05, 0) is 83.8 Å². The van der Waals surface area contributed by atoms with Gasteiger partial charge in [0.2, 0.25) is 0 Å². The lowest BCUT2D eigenvalue weighted by molar-refractivity contribution is -0.00518. The van der Waals surface area contributed by atoms with E-state index < -0.39 is 7.12 Å². The maximum atomic E-state index is 9.63. The molecule has 2 aromatic rings. The Morgan fingerprint density at radius 3 is 1.88 bits per heavy atom.